The standard InChI is InChI=1S/C20H16N2O2/c23-12-13-4-3-6-15(10-13)21-20(24)19-11-17-16-7-2-1-5-14(16)8-9-18(17)22-19/h1-11,22-23H,12H2,(H,21,24). The lowest BCUT2D eigenvalue weighted by Crippen LogP contribution is -2.12. The molecule has 4 aromatic rings. The molecule has 1 amide bonds. The highest BCUT2D eigenvalue weighted by Crippen LogP contribution is 2.26. The van der Waals surface area contributed by atoms with Crippen LogP contribution in [0.15, 0.2) is 66.7 Å². The number of rotatable bonds is 3. The second-order valence-corrected chi connectivity index (χ2v) is 5.74. The molecule has 4 rings (SSSR count). The maximum Gasteiger partial charge on any atom is 0.272 e. The molecule has 0 aliphatic heterocycles. The lowest BCUT2D eigenvalue weighted by Gasteiger charge is -2.05. The third-order valence-corrected chi connectivity index (χ3v) is 4.14. The molecule has 0 atom stereocenters. The number of carbonyl (C=O) groups is 1. The highest BCUT2D eigenvalue weighted by molar-refractivity contribution is 6.12. The molecule has 0 fully saturated rings. The number of carbonyl (C=O) groups excluding carboxylic acids is 1. The first-order chi connectivity index (χ1) is 11.7. The van der Waals surface area contributed by atoms with Crippen molar-refractivity contribution in [3.8, 4) is 0 Å². The molecule has 0 aliphatic carbocycles. The van der Waals surface area contributed by atoms with Crippen LogP contribution < -0.4 is 5.32 Å². The number of aliphatic hydroxyl groups excluding tert-OH is 1. The fraction of sp³-hybridized carbons (Fsp3) is 0.0500. The number of aromatic amines is 1. The second kappa shape index (κ2) is 5.83. The van der Waals surface area contributed by atoms with Gasteiger partial charge in [0, 0.05) is 16.6 Å². The Balaban J connectivity index is 1.70. The summed E-state index contributed by atoms with van der Waals surface area (Å²) >= 11 is 0. The zero-order valence-electron chi connectivity index (χ0n) is 12.9. The van der Waals surface area contributed by atoms with E-state index in [-0.39, 0.29) is 12.5 Å². The van der Waals surface area contributed by atoms with Crippen LogP contribution in [0.3, 0.4) is 0 Å². The van der Waals surface area contributed by atoms with Crippen molar-refractivity contribution in [2.24, 2.45) is 0 Å². The van der Waals surface area contributed by atoms with Crippen LogP contribution in [0.2, 0.25) is 0 Å². The summed E-state index contributed by atoms with van der Waals surface area (Å²) in [5, 5.41) is 15.3. The van der Waals surface area contributed by atoms with Gasteiger partial charge in [0.05, 0.1) is 6.61 Å². The zero-order chi connectivity index (χ0) is 16.5. The van der Waals surface area contributed by atoms with Crippen molar-refractivity contribution in [3.05, 3.63) is 78.0 Å². The quantitative estimate of drug-likeness (QED) is 0.533. The van der Waals surface area contributed by atoms with Gasteiger partial charge in [-0.15, -0.1) is 0 Å². The average molecular weight is 316 g/mol. The molecule has 0 aliphatic rings. The summed E-state index contributed by atoms with van der Waals surface area (Å²) in [7, 11) is 0. The fourth-order valence-corrected chi connectivity index (χ4v) is 2.95. The second-order valence-electron chi connectivity index (χ2n) is 5.74. The molecule has 0 saturated carbocycles. The van der Waals surface area contributed by atoms with E-state index in [1.807, 2.05) is 36.4 Å². The molecule has 118 valence electrons. The topological polar surface area (TPSA) is 65.1 Å². The van der Waals surface area contributed by atoms with Crippen molar-refractivity contribution in [1.29, 1.82) is 0 Å². The highest BCUT2D eigenvalue weighted by Gasteiger charge is 2.11. The molecule has 3 N–H and O–H groups in total. The number of H-pyrrole nitrogens is 1. The molecule has 4 nitrogen and oxygen atoms in total. The predicted molar refractivity (Wildman–Crippen MR) is 96.1 cm³/mol. The molecule has 0 spiro atoms. The minimum absolute atomic E-state index is 0.0535. The molecule has 1 aromatic heterocycles. The van der Waals surface area contributed by atoms with Crippen molar-refractivity contribution in [3.63, 3.8) is 0 Å². The van der Waals surface area contributed by atoms with Gasteiger partial charge in [0.2, 0.25) is 0 Å². The van der Waals surface area contributed by atoms with Crippen molar-refractivity contribution in [1.82, 2.24) is 4.98 Å². The summed E-state index contributed by atoms with van der Waals surface area (Å²) in [5.41, 5.74) is 2.87. The van der Waals surface area contributed by atoms with Gasteiger partial charge in [-0.1, -0.05) is 42.5 Å². The van der Waals surface area contributed by atoms with Gasteiger partial charge in [-0.25, -0.2) is 0 Å². The van der Waals surface area contributed by atoms with Crippen LogP contribution in [0, 0.1) is 0 Å². The summed E-state index contributed by atoms with van der Waals surface area (Å²) in [6.07, 6.45) is 0. The van der Waals surface area contributed by atoms with Crippen molar-refractivity contribution in [2.75, 3.05) is 5.32 Å². The first-order valence-electron chi connectivity index (χ1n) is 7.76. The Kier molecular flexibility index (Phi) is 3.52. The van der Waals surface area contributed by atoms with Crippen LogP contribution in [-0.4, -0.2) is 16.0 Å². The number of benzene rings is 3. The minimum atomic E-state index is -0.203. The Morgan fingerprint density at radius 3 is 2.71 bits per heavy atom. The smallest absolute Gasteiger partial charge is 0.272 e. The number of hydrogen-bond acceptors (Lipinski definition) is 2. The third-order valence-electron chi connectivity index (χ3n) is 4.14. The van der Waals surface area contributed by atoms with E-state index in [4.69, 9.17) is 0 Å². The van der Waals surface area contributed by atoms with Gasteiger partial charge in [0.25, 0.3) is 5.91 Å². The first-order valence-corrected chi connectivity index (χ1v) is 7.76. The zero-order valence-corrected chi connectivity index (χ0v) is 12.9. The van der Waals surface area contributed by atoms with Gasteiger partial charge in [0.1, 0.15) is 5.69 Å². The van der Waals surface area contributed by atoms with Crippen LogP contribution in [0.25, 0.3) is 21.7 Å². The van der Waals surface area contributed by atoms with Gasteiger partial charge in [-0.2, -0.15) is 0 Å². The number of hydrogen-bond donors (Lipinski definition) is 3. The first kappa shape index (κ1) is 14.5. The molecule has 3 aromatic carbocycles. The largest absolute Gasteiger partial charge is 0.392 e. The normalized spacial score (nSPS) is 11.0. The van der Waals surface area contributed by atoms with Crippen LogP contribution in [0.4, 0.5) is 5.69 Å². The Morgan fingerprint density at radius 2 is 1.83 bits per heavy atom. The molecule has 1 heterocycles. The lowest BCUT2D eigenvalue weighted by molar-refractivity contribution is 0.102. The van der Waals surface area contributed by atoms with Crippen molar-refractivity contribution >= 4 is 33.3 Å². The highest BCUT2D eigenvalue weighted by atomic mass is 16.3. The van der Waals surface area contributed by atoms with Crippen molar-refractivity contribution < 1.29 is 9.90 Å². The lowest BCUT2D eigenvalue weighted by atomic mass is 10.1. The van der Waals surface area contributed by atoms with Crippen LogP contribution in [-0.2, 0) is 6.61 Å². The van der Waals surface area contributed by atoms with E-state index in [0.29, 0.717) is 11.4 Å². The Morgan fingerprint density at radius 1 is 0.958 bits per heavy atom. The molecule has 0 radical (unpaired) electrons. The summed E-state index contributed by atoms with van der Waals surface area (Å²) in [6.45, 7) is -0.0535. The van der Waals surface area contributed by atoms with Gasteiger partial charge < -0.3 is 15.4 Å². The van der Waals surface area contributed by atoms with Crippen LogP contribution in [0.1, 0.15) is 16.1 Å². The number of aliphatic hydroxyl groups is 1. The van der Waals surface area contributed by atoms with Crippen LogP contribution in [0.5, 0.6) is 0 Å². The third kappa shape index (κ3) is 2.53. The molecule has 0 bridgehead atoms. The van der Waals surface area contributed by atoms with Crippen molar-refractivity contribution in [2.45, 2.75) is 6.61 Å². The number of anilines is 1. The molecule has 0 unspecified atom stereocenters. The van der Waals surface area contributed by atoms with E-state index >= 15 is 0 Å². The maximum atomic E-state index is 12.5. The molecular formula is C20H16N2O2. The number of aromatic nitrogens is 1. The summed E-state index contributed by atoms with van der Waals surface area (Å²) in [5.74, 6) is -0.203. The summed E-state index contributed by atoms with van der Waals surface area (Å²) in [6, 6.07) is 21.2. The van der Waals surface area contributed by atoms with E-state index in [1.54, 1.807) is 18.2 Å². The van der Waals surface area contributed by atoms with E-state index in [1.165, 1.54) is 0 Å². The fourth-order valence-electron chi connectivity index (χ4n) is 2.95. The predicted octanol–water partition coefficient (Wildman–Crippen LogP) is 4.07. The number of fused-ring (bicyclic) bond motifs is 3. The van der Waals surface area contributed by atoms with E-state index < -0.39 is 0 Å². The molecule has 0 saturated heterocycles. The van der Waals surface area contributed by atoms with Gasteiger partial charge in [0.15, 0.2) is 0 Å². The van der Waals surface area contributed by atoms with E-state index in [0.717, 1.165) is 27.2 Å². The summed E-state index contributed by atoms with van der Waals surface area (Å²) in [4.78, 5) is 15.7. The van der Waals surface area contributed by atoms with E-state index in [2.05, 4.69) is 22.4 Å². The van der Waals surface area contributed by atoms with Gasteiger partial charge in [-0.3, -0.25) is 4.79 Å². The van der Waals surface area contributed by atoms with E-state index in [9.17, 15) is 9.90 Å². The number of nitrogens with one attached hydrogen (secondary N) is 2. The Hall–Kier alpha value is -3.11. The molecular weight excluding hydrogens is 300 g/mol. The molecule has 24 heavy (non-hydrogen) atoms. The average Bonchev–Trinajstić information content (AvgIpc) is 3.07. The Labute approximate surface area is 138 Å². The van der Waals surface area contributed by atoms with Gasteiger partial charge in [-0.05, 0) is 40.6 Å². The van der Waals surface area contributed by atoms with Crippen LogP contribution >= 0.6 is 0 Å². The molecule has 4 heteroatoms. The van der Waals surface area contributed by atoms with Gasteiger partial charge >= 0.3 is 0 Å². The summed E-state index contributed by atoms with van der Waals surface area (Å²) < 4.78 is 0. The number of amides is 1. The SMILES string of the molecule is O=C(Nc1cccc(CO)c1)c1cc2c(ccc3ccccc32)[nH]1. The Bertz CT molecular complexity index is 1050. The monoisotopic (exact) mass is 316 g/mol. The maximum absolute atomic E-state index is 12.5. The minimum Gasteiger partial charge on any atom is -0.392 e.